The van der Waals surface area contributed by atoms with Crippen LogP contribution < -0.4 is 5.32 Å². The fraction of sp³-hybridized carbons (Fsp3) is 0.333. The molecule has 0 fully saturated rings. The highest BCUT2D eigenvalue weighted by molar-refractivity contribution is 5.92. The van der Waals surface area contributed by atoms with Crippen molar-refractivity contribution in [3.63, 3.8) is 0 Å². The zero-order chi connectivity index (χ0) is 15.3. The molecule has 1 amide bonds. The summed E-state index contributed by atoms with van der Waals surface area (Å²) < 4.78 is 27.2. The first-order chi connectivity index (χ1) is 9.96. The highest BCUT2D eigenvalue weighted by Crippen LogP contribution is 2.18. The van der Waals surface area contributed by atoms with Crippen LogP contribution in [0.5, 0.6) is 0 Å². The molecule has 2 heterocycles. The molecule has 0 radical (unpaired) electrons. The molecule has 0 aliphatic heterocycles. The summed E-state index contributed by atoms with van der Waals surface area (Å²) in [6.07, 6.45) is 5.25. The van der Waals surface area contributed by atoms with Crippen LogP contribution in [0.2, 0.25) is 0 Å². The van der Waals surface area contributed by atoms with Gasteiger partial charge < -0.3 is 9.88 Å². The van der Waals surface area contributed by atoms with Crippen LogP contribution in [-0.4, -0.2) is 27.9 Å². The van der Waals surface area contributed by atoms with Gasteiger partial charge >= 0.3 is 0 Å². The van der Waals surface area contributed by atoms with Gasteiger partial charge in [0.2, 0.25) is 5.92 Å². The van der Waals surface area contributed by atoms with Crippen molar-refractivity contribution in [1.82, 2.24) is 14.9 Å². The fourth-order valence-corrected chi connectivity index (χ4v) is 1.90. The third-order valence-electron chi connectivity index (χ3n) is 2.96. The molecule has 4 nitrogen and oxygen atoms in total. The number of nitrogens with one attached hydrogen (secondary N) is 1. The van der Waals surface area contributed by atoms with Gasteiger partial charge in [0, 0.05) is 37.2 Å². The number of hydrogen-bond donors (Lipinski definition) is 1. The summed E-state index contributed by atoms with van der Waals surface area (Å²) in [5.74, 6) is -3.06. The second kappa shape index (κ2) is 6.47. The second-order valence-electron chi connectivity index (χ2n) is 4.92. The van der Waals surface area contributed by atoms with Crippen molar-refractivity contribution in [1.29, 1.82) is 0 Å². The number of carbonyl (C=O) groups is 1. The lowest BCUT2D eigenvalue weighted by molar-refractivity contribution is 0.0110. The molecule has 2 aromatic rings. The number of hydrogen-bond acceptors (Lipinski definition) is 2. The van der Waals surface area contributed by atoms with Gasteiger partial charge in [0.1, 0.15) is 5.69 Å². The summed E-state index contributed by atoms with van der Waals surface area (Å²) in [6, 6.07) is 7.20. The Kier molecular flexibility index (Phi) is 4.67. The minimum Gasteiger partial charge on any atom is -0.351 e. The summed E-state index contributed by atoms with van der Waals surface area (Å²) in [5, 5.41) is 2.60. The maximum absolute atomic E-state index is 12.7. The Morgan fingerprint density at radius 2 is 2.10 bits per heavy atom. The fourth-order valence-electron chi connectivity index (χ4n) is 1.90. The highest BCUT2D eigenvalue weighted by Gasteiger charge is 2.20. The van der Waals surface area contributed by atoms with Crippen molar-refractivity contribution < 1.29 is 13.6 Å². The molecule has 6 heteroatoms. The van der Waals surface area contributed by atoms with Crippen molar-refractivity contribution >= 4 is 5.91 Å². The average molecular weight is 293 g/mol. The van der Waals surface area contributed by atoms with E-state index in [1.807, 2.05) is 29.1 Å². The van der Waals surface area contributed by atoms with E-state index in [2.05, 4.69) is 10.3 Å². The lowest BCUT2D eigenvalue weighted by Gasteiger charge is -2.10. The van der Waals surface area contributed by atoms with E-state index < -0.39 is 5.92 Å². The molecule has 1 N–H and O–H groups in total. The Balaban J connectivity index is 1.92. The van der Waals surface area contributed by atoms with E-state index in [0.717, 1.165) is 12.6 Å². The first-order valence-corrected chi connectivity index (χ1v) is 6.71. The Morgan fingerprint density at radius 3 is 2.76 bits per heavy atom. The van der Waals surface area contributed by atoms with Gasteiger partial charge in [-0.15, -0.1) is 0 Å². The molecule has 2 aromatic heterocycles. The van der Waals surface area contributed by atoms with Crippen LogP contribution in [0.4, 0.5) is 8.78 Å². The molecule has 0 spiro atoms. The van der Waals surface area contributed by atoms with E-state index in [1.54, 1.807) is 18.3 Å². The van der Waals surface area contributed by atoms with Gasteiger partial charge in [0.25, 0.3) is 5.91 Å². The van der Waals surface area contributed by atoms with Crippen LogP contribution >= 0.6 is 0 Å². The molecule has 0 atom stereocenters. The van der Waals surface area contributed by atoms with Crippen molar-refractivity contribution in [3.05, 3.63) is 48.5 Å². The maximum atomic E-state index is 12.7. The Hall–Kier alpha value is -2.24. The number of aromatic nitrogens is 2. The number of pyridine rings is 1. The van der Waals surface area contributed by atoms with E-state index in [-0.39, 0.29) is 31.0 Å². The SMILES string of the molecule is CC(F)(F)CCCNC(=O)c1cc(-n2cccc2)ccn1. The number of alkyl halides is 2. The van der Waals surface area contributed by atoms with Gasteiger partial charge in [-0.25, -0.2) is 8.78 Å². The molecular weight excluding hydrogens is 276 g/mol. The van der Waals surface area contributed by atoms with Crippen LogP contribution in [-0.2, 0) is 0 Å². The van der Waals surface area contributed by atoms with E-state index >= 15 is 0 Å². The molecule has 0 bridgehead atoms. The molecule has 0 unspecified atom stereocenters. The van der Waals surface area contributed by atoms with Crippen molar-refractivity contribution in [3.8, 4) is 5.69 Å². The number of rotatable bonds is 6. The van der Waals surface area contributed by atoms with E-state index in [1.165, 1.54) is 0 Å². The van der Waals surface area contributed by atoms with Crippen LogP contribution in [0.1, 0.15) is 30.3 Å². The monoisotopic (exact) mass is 293 g/mol. The maximum Gasteiger partial charge on any atom is 0.269 e. The van der Waals surface area contributed by atoms with Crippen LogP contribution in [0.3, 0.4) is 0 Å². The zero-order valence-corrected chi connectivity index (χ0v) is 11.7. The van der Waals surface area contributed by atoms with Crippen LogP contribution in [0.25, 0.3) is 5.69 Å². The number of halogens is 2. The summed E-state index contributed by atoms with van der Waals surface area (Å²) in [4.78, 5) is 15.9. The van der Waals surface area contributed by atoms with Gasteiger partial charge in [0.15, 0.2) is 0 Å². The molecule has 0 saturated carbocycles. The van der Waals surface area contributed by atoms with Gasteiger partial charge in [-0.05, 0) is 37.6 Å². The molecular formula is C15H17F2N3O. The lowest BCUT2D eigenvalue weighted by Crippen LogP contribution is -2.26. The first kappa shape index (κ1) is 15.2. The quantitative estimate of drug-likeness (QED) is 0.832. The van der Waals surface area contributed by atoms with Crippen LogP contribution in [0.15, 0.2) is 42.9 Å². The summed E-state index contributed by atoms with van der Waals surface area (Å²) in [6.45, 7) is 1.08. The number of amides is 1. The molecule has 21 heavy (non-hydrogen) atoms. The highest BCUT2D eigenvalue weighted by atomic mass is 19.3. The smallest absolute Gasteiger partial charge is 0.269 e. The zero-order valence-electron chi connectivity index (χ0n) is 11.7. The molecule has 0 aromatic carbocycles. The van der Waals surface area contributed by atoms with Crippen molar-refractivity contribution in [2.75, 3.05) is 6.54 Å². The predicted molar refractivity (Wildman–Crippen MR) is 75.8 cm³/mol. The minimum absolute atomic E-state index is 0.206. The molecule has 0 aliphatic rings. The second-order valence-corrected chi connectivity index (χ2v) is 4.92. The summed E-state index contributed by atoms with van der Waals surface area (Å²) >= 11 is 0. The van der Waals surface area contributed by atoms with Gasteiger partial charge in [-0.2, -0.15) is 0 Å². The lowest BCUT2D eigenvalue weighted by atomic mass is 10.2. The minimum atomic E-state index is -2.70. The predicted octanol–water partition coefficient (Wildman–Crippen LogP) is 3.04. The topological polar surface area (TPSA) is 46.9 Å². The third kappa shape index (κ3) is 4.66. The van der Waals surface area contributed by atoms with E-state index in [0.29, 0.717) is 0 Å². The molecule has 2 rings (SSSR count). The molecule has 112 valence electrons. The number of nitrogens with zero attached hydrogens (tertiary/aromatic N) is 2. The Labute approximate surface area is 121 Å². The van der Waals surface area contributed by atoms with Gasteiger partial charge in [0.05, 0.1) is 0 Å². The normalized spacial score (nSPS) is 11.4. The largest absolute Gasteiger partial charge is 0.351 e. The average Bonchev–Trinajstić information content (AvgIpc) is 2.96. The Morgan fingerprint density at radius 1 is 1.38 bits per heavy atom. The Bertz CT molecular complexity index is 591. The molecule has 0 saturated heterocycles. The summed E-state index contributed by atoms with van der Waals surface area (Å²) in [5.41, 5.74) is 1.09. The summed E-state index contributed by atoms with van der Waals surface area (Å²) in [7, 11) is 0. The van der Waals surface area contributed by atoms with Crippen molar-refractivity contribution in [2.45, 2.75) is 25.7 Å². The number of carbonyl (C=O) groups excluding carboxylic acids is 1. The van der Waals surface area contributed by atoms with Crippen molar-refractivity contribution in [2.24, 2.45) is 0 Å². The van der Waals surface area contributed by atoms with E-state index in [4.69, 9.17) is 0 Å². The third-order valence-corrected chi connectivity index (χ3v) is 2.96. The molecule has 0 aliphatic carbocycles. The van der Waals surface area contributed by atoms with Gasteiger partial charge in [-0.1, -0.05) is 0 Å². The first-order valence-electron chi connectivity index (χ1n) is 6.71. The van der Waals surface area contributed by atoms with Gasteiger partial charge in [-0.3, -0.25) is 9.78 Å². The van der Waals surface area contributed by atoms with E-state index in [9.17, 15) is 13.6 Å². The van der Waals surface area contributed by atoms with Crippen LogP contribution in [0, 0.1) is 0 Å². The standard InChI is InChI=1S/C15H17F2N3O/c1-15(16,17)6-4-7-19-14(21)13-11-12(5-8-18-13)20-9-2-3-10-20/h2-3,5,8-11H,4,6-7H2,1H3,(H,19,21).